The number of phenols is 1. The zero-order valence-electron chi connectivity index (χ0n) is 19.9. The summed E-state index contributed by atoms with van der Waals surface area (Å²) in [5.41, 5.74) is 0.499. The first-order chi connectivity index (χ1) is 17.3. The molecule has 36 heavy (non-hydrogen) atoms. The molecule has 8 heteroatoms. The van der Waals surface area contributed by atoms with Crippen LogP contribution < -0.4 is 15.9 Å². The van der Waals surface area contributed by atoms with E-state index in [2.05, 4.69) is 21.1 Å². The third kappa shape index (κ3) is 3.27. The minimum atomic E-state index is -0.648. The predicted octanol–water partition coefficient (Wildman–Crippen LogP) is 3.97. The van der Waals surface area contributed by atoms with E-state index in [-0.39, 0.29) is 28.0 Å². The van der Waals surface area contributed by atoms with Crippen molar-refractivity contribution in [2.75, 3.05) is 18.0 Å². The number of terminal acetylenes is 1. The number of aromatic nitrogens is 2. The fourth-order valence-corrected chi connectivity index (χ4v) is 5.89. The number of nitrogens with zero attached hydrogens (tertiary/aromatic N) is 3. The number of benzene rings is 3. The molecule has 2 unspecified atom stereocenters. The summed E-state index contributed by atoms with van der Waals surface area (Å²) >= 11 is 0. The fourth-order valence-electron chi connectivity index (χ4n) is 5.89. The molecular formula is C28H24F2N4O2. The molecule has 3 heterocycles. The second-order valence-electron chi connectivity index (χ2n) is 9.76. The Labute approximate surface area is 206 Å². The molecule has 3 aromatic carbocycles. The molecule has 2 atom stereocenters. The van der Waals surface area contributed by atoms with Gasteiger partial charge in [0.05, 0.1) is 11.1 Å². The SMILES string of the molecule is C#Cc1c(F)ccc2cc(O)cc(-c3c(C)cc4c(N5CC6CCC(C5)N6)nc(=O)n(C)c4c3F)c12. The second-order valence-corrected chi connectivity index (χ2v) is 9.76. The third-order valence-electron chi connectivity index (χ3n) is 7.48. The largest absolute Gasteiger partial charge is 0.508 e. The quantitative estimate of drug-likeness (QED) is 0.420. The van der Waals surface area contributed by atoms with Gasteiger partial charge in [-0.1, -0.05) is 12.0 Å². The van der Waals surface area contributed by atoms with Gasteiger partial charge < -0.3 is 15.3 Å². The topological polar surface area (TPSA) is 70.4 Å². The van der Waals surface area contributed by atoms with Gasteiger partial charge in [0.2, 0.25) is 0 Å². The van der Waals surface area contributed by atoms with Crippen LogP contribution in [0.25, 0.3) is 32.8 Å². The molecule has 2 bridgehead atoms. The van der Waals surface area contributed by atoms with Crippen LogP contribution in [0.1, 0.15) is 24.0 Å². The molecule has 0 spiro atoms. The molecule has 0 amide bonds. The number of halogens is 2. The number of hydrogen-bond donors (Lipinski definition) is 2. The Morgan fingerprint density at radius 3 is 2.58 bits per heavy atom. The molecule has 4 aromatic rings. The maximum Gasteiger partial charge on any atom is 0.349 e. The van der Waals surface area contributed by atoms with Gasteiger partial charge in [-0.05, 0) is 60.5 Å². The molecule has 6 rings (SSSR count). The normalized spacial score (nSPS) is 19.2. The summed E-state index contributed by atoms with van der Waals surface area (Å²) in [5.74, 6) is 1.48. The lowest BCUT2D eigenvalue weighted by Crippen LogP contribution is -2.51. The van der Waals surface area contributed by atoms with Crippen molar-refractivity contribution in [2.45, 2.75) is 31.8 Å². The molecule has 2 N–H and O–H groups in total. The Morgan fingerprint density at radius 2 is 1.89 bits per heavy atom. The van der Waals surface area contributed by atoms with Gasteiger partial charge in [0.15, 0.2) is 5.82 Å². The molecule has 2 aliphatic heterocycles. The number of nitrogens with one attached hydrogen (secondary N) is 1. The number of piperazine rings is 1. The van der Waals surface area contributed by atoms with E-state index in [9.17, 15) is 14.3 Å². The van der Waals surface area contributed by atoms with E-state index in [0.29, 0.717) is 52.7 Å². The average molecular weight is 487 g/mol. The molecule has 0 aliphatic carbocycles. The standard InChI is InChI=1S/C28H24F2N4O2/c1-4-19-22(29)8-5-15-10-18(35)11-20(24(15)19)23-14(2)9-21-26(25(23)30)33(3)28(36)32-27(21)34-12-16-6-7-17(13-34)31-16/h1,5,8-11,16-17,31,35H,6-7,12-13H2,2-3H3. The molecule has 2 fully saturated rings. The van der Waals surface area contributed by atoms with Crippen LogP contribution in [0.4, 0.5) is 14.6 Å². The van der Waals surface area contributed by atoms with Crippen LogP contribution in [-0.4, -0.2) is 39.8 Å². The van der Waals surface area contributed by atoms with Crippen molar-refractivity contribution in [3.8, 4) is 29.2 Å². The zero-order chi connectivity index (χ0) is 25.3. The average Bonchev–Trinajstić information content (AvgIpc) is 3.18. The Morgan fingerprint density at radius 1 is 1.17 bits per heavy atom. The lowest BCUT2D eigenvalue weighted by atomic mass is 9.90. The van der Waals surface area contributed by atoms with Gasteiger partial charge in [-0.25, -0.2) is 13.6 Å². The van der Waals surface area contributed by atoms with E-state index in [4.69, 9.17) is 6.42 Å². The first kappa shape index (κ1) is 22.5. The summed E-state index contributed by atoms with van der Waals surface area (Å²) in [5, 5.41) is 15.3. The minimum absolute atomic E-state index is 0.0120. The van der Waals surface area contributed by atoms with Crippen LogP contribution in [0.15, 0.2) is 35.1 Å². The molecule has 1 aromatic heterocycles. The lowest BCUT2D eigenvalue weighted by Gasteiger charge is -2.34. The number of aromatic hydroxyl groups is 1. The van der Waals surface area contributed by atoms with E-state index in [1.54, 1.807) is 6.92 Å². The minimum Gasteiger partial charge on any atom is -0.508 e. The lowest BCUT2D eigenvalue weighted by molar-refractivity contribution is 0.463. The van der Waals surface area contributed by atoms with Gasteiger partial charge in [0.25, 0.3) is 0 Å². The van der Waals surface area contributed by atoms with Crippen LogP contribution in [0.2, 0.25) is 0 Å². The van der Waals surface area contributed by atoms with Crippen LogP contribution in [0, 0.1) is 30.9 Å². The molecular weight excluding hydrogens is 462 g/mol. The maximum absolute atomic E-state index is 16.5. The van der Waals surface area contributed by atoms with Crippen molar-refractivity contribution in [3.63, 3.8) is 0 Å². The van der Waals surface area contributed by atoms with Crippen molar-refractivity contribution >= 4 is 27.5 Å². The van der Waals surface area contributed by atoms with E-state index in [1.165, 1.54) is 35.9 Å². The molecule has 2 saturated heterocycles. The summed E-state index contributed by atoms with van der Waals surface area (Å²) in [6, 6.07) is 8.00. The number of rotatable bonds is 2. The number of hydrogen-bond acceptors (Lipinski definition) is 5. The van der Waals surface area contributed by atoms with Gasteiger partial charge >= 0.3 is 5.69 Å². The Hall–Kier alpha value is -3.96. The zero-order valence-corrected chi connectivity index (χ0v) is 19.9. The van der Waals surface area contributed by atoms with Crippen molar-refractivity contribution in [3.05, 3.63) is 63.6 Å². The number of fused-ring (bicyclic) bond motifs is 4. The van der Waals surface area contributed by atoms with Crippen molar-refractivity contribution in [1.29, 1.82) is 0 Å². The van der Waals surface area contributed by atoms with Gasteiger partial charge in [-0.15, -0.1) is 6.42 Å². The van der Waals surface area contributed by atoms with Crippen LogP contribution in [0.3, 0.4) is 0 Å². The Kier molecular flexibility index (Phi) is 5.02. The number of aryl methyl sites for hydroxylation is 2. The Balaban J connectivity index is 1.67. The van der Waals surface area contributed by atoms with Gasteiger partial charge in [0, 0.05) is 48.6 Å². The van der Waals surface area contributed by atoms with E-state index >= 15 is 4.39 Å². The molecule has 182 valence electrons. The number of phenolic OH excluding ortho intramolecular Hbond substituents is 1. The Bertz CT molecular complexity index is 1680. The summed E-state index contributed by atoms with van der Waals surface area (Å²) in [6.45, 7) is 3.13. The van der Waals surface area contributed by atoms with Crippen molar-refractivity contribution in [2.24, 2.45) is 7.05 Å². The van der Waals surface area contributed by atoms with Gasteiger partial charge in [0.1, 0.15) is 17.4 Å². The highest BCUT2D eigenvalue weighted by molar-refractivity contribution is 6.05. The number of anilines is 1. The van der Waals surface area contributed by atoms with E-state index in [1.807, 2.05) is 6.07 Å². The third-order valence-corrected chi connectivity index (χ3v) is 7.48. The smallest absolute Gasteiger partial charge is 0.349 e. The van der Waals surface area contributed by atoms with Gasteiger partial charge in [-0.2, -0.15) is 4.98 Å². The predicted molar refractivity (Wildman–Crippen MR) is 136 cm³/mol. The highest BCUT2D eigenvalue weighted by Crippen LogP contribution is 2.41. The van der Waals surface area contributed by atoms with Crippen LogP contribution in [-0.2, 0) is 7.05 Å². The summed E-state index contributed by atoms with van der Waals surface area (Å²) in [4.78, 5) is 19.3. The first-order valence-corrected chi connectivity index (χ1v) is 11.9. The second kappa shape index (κ2) is 8.04. The first-order valence-electron chi connectivity index (χ1n) is 11.9. The summed E-state index contributed by atoms with van der Waals surface area (Å²) in [6.07, 6.45) is 7.74. The van der Waals surface area contributed by atoms with E-state index < -0.39 is 17.3 Å². The molecule has 0 radical (unpaired) electrons. The highest BCUT2D eigenvalue weighted by atomic mass is 19.1. The summed E-state index contributed by atoms with van der Waals surface area (Å²) < 4.78 is 32.4. The maximum atomic E-state index is 16.5. The molecule has 2 aliphatic rings. The van der Waals surface area contributed by atoms with Crippen LogP contribution in [0.5, 0.6) is 5.75 Å². The fraction of sp³-hybridized carbons (Fsp3) is 0.286. The van der Waals surface area contributed by atoms with E-state index in [0.717, 1.165) is 12.8 Å². The van der Waals surface area contributed by atoms with Crippen LogP contribution >= 0.6 is 0 Å². The monoisotopic (exact) mass is 486 g/mol. The summed E-state index contributed by atoms with van der Waals surface area (Å²) in [7, 11) is 1.48. The van der Waals surface area contributed by atoms with Crippen molar-refractivity contribution in [1.82, 2.24) is 14.9 Å². The van der Waals surface area contributed by atoms with Gasteiger partial charge in [-0.3, -0.25) is 4.57 Å². The molecule has 6 nitrogen and oxygen atoms in total. The highest BCUT2D eigenvalue weighted by Gasteiger charge is 2.34. The molecule has 0 saturated carbocycles. The van der Waals surface area contributed by atoms with Crippen molar-refractivity contribution < 1.29 is 13.9 Å².